The van der Waals surface area contributed by atoms with E-state index in [0.717, 1.165) is 24.4 Å². The van der Waals surface area contributed by atoms with Gasteiger partial charge in [0.2, 0.25) is 0 Å². The fourth-order valence-corrected chi connectivity index (χ4v) is 4.36. The molecule has 4 rings (SSSR count). The standard InChI is InChI=1S/C21H23FN2/c1-12(2)23-21-13(3)7-17(8-14(21)4)24-11-15-9-20(24)19-10-16(22)5-6-18(15)19/h5-8,10,15,20,23H,1,9,11H2,2-4H3. The Morgan fingerprint density at radius 2 is 1.88 bits per heavy atom. The van der Waals surface area contributed by atoms with Crippen LogP contribution >= 0.6 is 0 Å². The van der Waals surface area contributed by atoms with Crippen molar-refractivity contribution in [2.75, 3.05) is 16.8 Å². The summed E-state index contributed by atoms with van der Waals surface area (Å²) in [6.07, 6.45) is 1.10. The average molecular weight is 322 g/mol. The summed E-state index contributed by atoms with van der Waals surface area (Å²) in [4.78, 5) is 2.44. The Labute approximate surface area is 143 Å². The van der Waals surface area contributed by atoms with Crippen LogP contribution in [-0.2, 0) is 0 Å². The van der Waals surface area contributed by atoms with Crippen LogP contribution in [0.15, 0.2) is 42.6 Å². The second kappa shape index (κ2) is 5.37. The maximum atomic E-state index is 13.7. The quantitative estimate of drug-likeness (QED) is 0.810. The molecule has 1 saturated heterocycles. The molecule has 0 aromatic heterocycles. The number of nitrogens with zero attached hydrogens (tertiary/aromatic N) is 1. The fourth-order valence-electron chi connectivity index (χ4n) is 4.36. The van der Waals surface area contributed by atoms with E-state index in [0.29, 0.717) is 12.0 Å². The highest BCUT2D eigenvalue weighted by Gasteiger charge is 2.42. The summed E-state index contributed by atoms with van der Waals surface area (Å²) in [5.74, 6) is 0.397. The largest absolute Gasteiger partial charge is 0.364 e. The first kappa shape index (κ1) is 15.3. The van der Waals surface area contributed by atoms with Crippen LogP contribution in [0.5, 0.6) is 0 Å². The number of anilines is 2. The van der Waals surface area contributed by atoms with Gasteiger partial charge >= 0.3 is 0 Å². The number of nitrogens with one attached hydrogen (secondary N) is 1. The second-order valence-electron chi connectivity index (χ2n) is 7.23. The van der Waals surface area contributed by atoms with Crippen LogP contribution in [0.2, 0.25) is 0 Å². The Balaban J connectivity index is 1.70. The fraction of sp³-hybridized carbons (Fsp3) is 0.333. The van der Waals surface area contributed by atoms with E-state index in [1.54, 1.807) is 12.1 Å². The van der Waals surface area contributed by atoms with Gasteiger partial charge in [0.05, 0.1) is 6.04 Å². The maximum absolute atomic E-state index is 13.7. The molecule has 2 aromatic carbocycles. The molecule has 2 bridgehead atoms. The first-order valence-electron chi connectivity index (χ1n) is 8.54. The van der Waals surface area contributed by atoms with Crippen molar-refractivity contribution in [1.29, 1.82) is 0 Å². The number of hydrogen-bond acceptors (Lipinski definition) is 2. The Hall–Kier alpha value is -2.29. The molecule has 2 nitrogen and oxygen atoms in total. The van der Waals surface area contributed by atoms with Crippen LogP contribution in [0.1, 0.15) is 47.6 Å². The molecule has 2 aliphatic rings. The number of fused-ring (bicyclic) bond motifs is 5. The number of aryl methyl sites for hydroxylation is 2. The second-order valence-corrected chi connectivity index (χ2v) is 7.23. The van der Waals surface area contributed by atoms with Gasteiger partial charge in [-0.15, -0.1) is 0 Å². The van der Waals surface area contributed by atoms with Gasteiger partial charge in [-0.3, -0.25) is 0 Å². The van der Waals surface area contributed by atoms with Crippen LogP contribution in [0.4, 0.5) is 15.8 Å². The van der Waals surface area contributed by atoms with Gasteiger partial charge in [-0.25, -0.2) is 4.39 Å². The molecule has 1 fully saturated rings. The van der Waals surface area contributed by atoms with Gasteiger partial charge in [0, 0.05) is 29.5 Å². The highest BCUT2D eigenvalue weighted by Crippen LogP contribution is 2.52. The summed E-state index contributed by atoms with van der Waals surface area (Å²) >= 11 is 0. The predicted molar refractivity (Wildman–Crippen MR) is 98.2 cm³/mol. The van der Waals surface area contributed by atoms with Crippen molar-refractivity contribution in [1.82, 2.24) is 0 Å². The van der Waals surface area contributed by atoms with E-state index in [1.165, 1.54) is 27.9 Å². The van der Waals surface area contributed by atoms with E-state index in [1.807, 2.05) is 13.0 Å². The topological polar surface area (TPSA) is 15.3 Å². The minimum absolute atomic E-state index is 0.130. The van der Waals surface area contributed by atoms with Crippen molar-refractivity contribution in [2.24, 2.45) is 0 Å². The zero-order chi connectivity index (χ0) is 17.0. The number of benzene rings is 2. The van der Waals surface area contributed by atoms with E-state index >= 15 is 0 Å². The lowest BCUT2D eigenvalue weighted by Crippen LogP contribution is -2.27. The van der Waals surface area contributed by atoms with Crippen LogP contribution < -0.4 is 10.2 Å². The number of halogens is 1. The molecule has 2 aromatic rings. The van der Waals surface area contributed by atoms with Crippen LogP contribution in [0.3, 0.4) is 0 Å². The highest BCUT2D eigenvalue weighted by atomic mass is 19.1. The summed E-state index contributed by atoms with van der Waals surface area (Å²) in [5, 5.41) is 3.35. The minimum Gasteiger partial charge on any atom is -0.364 e. The van der Waals surface area contributed by atoms with Gasteiger partial charge in [0.1, 0.15) is 5.82 Å². The lowest BCUT2D eigenvalue weighted by molar-refractivity contribution is 0.620. The van der Waals surface area contributed by atoms with Crippen molar-refractivity contribution >= 4 is 11.4 Å². The van der Waals surface area contributed by atoms with Crippen molar-refractivity contribution in [3.8, 4) is 0 Å². The first-order chi connectivity index (χ1) is 11.4. The summed E-state index contributed by atoms with van der Waals surface area (Å²) in [6.45, 7) is 11.2. The molecule has 124 valence electrons. The van der Waals surface area contributed by atoms with Gasteiger partial charge in [0.15, 0.2) is 0 Å². The lowest BCUT2D eigenvalue weighted by atomic mass is 9.98. The molecule has 24 heavy (non-hydrogen) atoms. The van der Waals surface area contributed by atoms with E-state index in [2.05, 4.69) is 42.8 Å². The third-order valence-corrected chi connectivity index (χ3v) is 5.34. The Morgan fingerprint density at radius 1 is 1.17 bits per heavy atom. The highest BCUT2D eigenvalue weighted by molar-refractivity contribution is 5.68. The molecule has 1 heterocycles. The maximum Gasteiger partial charge on any atom is 0.123 e. The predicted octanol–water partition coefficient (Wildman–Crippen LogP) is 5.44. The number of allylic oxidation sites excluding steroid dienone is 1. The van der Waals surface area contributed by atoms with E-state index in [4.69, 9.17) is 0 Å². The smallest absolute Gasteiger partial charge is 0.123 e. The number of hydrogen-bond donors (Lipinski definition) is 1. The monoisotopic (exact) mass is 322 g/mol. The van der Waals surface area contributed by atoms with Crippen molar-refractivity contribution in [3.63, 3.8) is 0 Å². The molecule has 0 spiro atoms. The zero-order valence-electron chi connectivity index (χ0n) is 14.5. The summed E-state index contributed by atoms with van der Waals surface area (Å²) in [5.41, 5.74) is 8.27. The third kappa shape index (κ3) is 2.31. The molecule has 2 atom stereocenters. The Bertz CT molecular complexity index is 817. The van der Waals surface area contributed by atoms with Gasteiger partial charge in [-0.2, -0.15) is 0 Å². The zero-order valence-corrected chi connectivity index (χ0v) is 14.5. The Morgan fingerprint density at radius 3 is 2.54 bits per heavy atom. The van der Waals surface area contributed by atoms with Crippen LogP contribution in [0, 0.1) is 19.7 Å². The molecular formula is C21H23FN2. The molecule has 2 unspecified atom stereocenters. The van der Waals surface area contributed by atoms with Crippen molar-refractivity contribution in [2.45, 2.75) is 39.2 Å². The summed E-state index contributed by atoms with van der Waals surface area (Å²) in [6, 6.07) is 10.1. The number of rotatable bonds is 3. The summed E-state index contributed by atoms with van der Waals surface area (Å²) < 4.78 is 13.7. The van der Waals surface area contributed by atoms with Gasteiger partial charge in [-0.1, -0.05) is 12.6 Å². The summed E-state index contributed by atoms with van der Waals surface area (Å²) in [7, 11) is 0. The molecular weight excluding hydrogens is 299 g/mol. The van der Waals surface area contributed by atoms with Crippen LogP contribution in [0.25, 0.3) is 0 Å². The average Bonchev–Trinajstić information content (AvgIpc) is 3.09. The van der Waals surface area contributed by atoms with E-state index < -0.39 is 0 Å². The van der Waals surface area contributed by atoms with E-state index in [9.17, 15) is 4.39 Å². The lowest BCUT2D eigenvalue weighted by Gasteiger charge is -2.32. The minimum atomic E-state index is -0.130. The van der Waals surface area contributed by atoms with Gasteiger partial charge in [0.25, 0.3) is 0 Å². The van der Waals surface area contributed by atoms with Crippen LogP contribution in [-0.4, -0.2) is 6.54 Å². The molecule has 1 aliphatic heterocycles. The molecule has 0 amide bonds. The Kier molecular flexibility index (Phi) is 3.41. The van der Waals surface area contributed by atoms with E-state index in [-0.39, 0.29) is 5.82 Å². The molecule has 1 aliphatic carbocycles. The van der Waals surface area contributed by atoms with Crippen molar-refractivity contribution < 1.29 is 4.39 Å². The normalized spacial score (nSPS) is 21.1. The van der Waals surface area contributed by atoms with Gasteiger partial charge < -0.3 is 10.2 Å². The molecule has 1 N–H and O–H groups in total. The molecule has 0 saturated carbocycles. The third-order valence-electron chi connectivity index (χ3n) is 5.34. The van der Waals surface area contributed by atoms with Crippen molar-refractivity contribution in [3.05, 3.63) is 70.7 Å². The van der Waals surface area contributed by atoms with Gasteiger partial charge in [-0.05, 0) is 73.7 Å². The SMILES string of the molecule is C=C(C)Nc1c(C)cc(N2CC3CC2c2cc(F)ccc23)cc1C. The first-order valence-corrected chi connectivity index (χ1v) is 8.54. The molecule has 3 heteroatoms. The molecule has 0 radical (unpaired) electrons.